The molecule has 0 aliphatic rings. The Hall–Kier alpha value is -0.820. The van der Waals surface area contributed by atoms with E-state index in [0.717, 1.165) is 84.8 Å². The molecule has 0 N–H and O–H groups in total. The van der Waals surface area contributed by atoms with Crippen LogP contribution in [-0.2, 0) is 0 Å². The normalized spacial score (nSPS) is 12.8. The molecule has 0 radical (unpaired) electrons. The summed E-state index contributed by atoms with van der Waals surface area (Å²) < 4.78 is 14.8. The average Bonchev–Trinajstić information content (AvgIpc) is 2.97. The van der Waals surface area contributed by atoms with E-state index in [-0.39, 0.29) is 34.0 Å². The minimum absolute atomic E-state index is 0. The molecule has 0 amide bonds. The van der Waals surface area contributed by atoms with Crippen LogP contribution in [0.15, 0.2) is 47.6 Å². The van der Waals surface area contributed by atoms with E-state index >= 15 is 0 Å². The van der Waals surface area contributed by atoms with Gasteiger partial charge < -0.3 is 52.4 Å². The van der Waals surface area contributed by atoms with Gasteiger partial charge in [-0.3, -0.25) is 0 Å². The molecule has 0 spiro atoms. The molecule has 1 aromatic rings. The first-order valence-electron chi connectivity index (χ1n) is 17.3. The summed E-state index contributed by atoms with van der Waals surface area (Å²) in [7, 11) is 0. The van der Waals surface area contributed by atoms with Crippen molar-refractivity contribution in [2.24, 2.45) is 11.8 Å². The lowest BCUT2D eigenvalue weighted by Crippen LogP contribution is -3.00. The number of benzene rings is 1. The number of rotatable bonds is 24. The molecule has 0 saturated heterocycles. The Morgan fingerprint density at radius 1 is 0.614 bits per heavy atom. The third kappa shape index (κ3) is 19.0. The molecule has 4 nitrogen and oxygen atoms in total. The first-order valence-corrected chi connectivity index (χ1v) is 17.3. The van der Waals surface area contributed by atoms with Crippen molar-refractivity contribution in [2.45, 2.75) is 108 Å². The lowest BCUT2D eigenvalue weighted by atomic mass is 10.00. The zero-order valence-electron chi connectivity index (χ0n) is 30.4. The molecule has 0 aliphatic carbocycles. The monoisotopic (exact) mass is 744 g/mol. The molecule has 0 aromatic heterocycles. The molecule has 0 fully saturated rings. The van der Waals surface area contributed by atoms with Crippen LogP contribution in [0.2, 0.25) is 0 Å². The van der Waals surface area contributed by atoms with Crippen LogP contribution in [-0.4, -0.2) is 74.5 Å². The maximum absolute atomic E-state index is 6.29. The summed E-state index contributed by atoms with van der Waals surface area (Å²) in [5.41, 5.74) is 2.86. The van der Waals surface area contributed by atoms with E-state index in [1.807, 2.05) is 0 Å². The van der Waals surface area contributed by atoms with Crippen LogP contribution in [0.25, 0.3) is 0 Å². The molecule has 0 saturated carbocycles. The van der Waals surface area contributed by atoms with Crippen LogP contribution in [0.4, 0.5) is 0 Å². The number of likely N-dealkylation sites (N-methyl/N-ethyl adjacent to an activating group) is 2. The predicted octanol–water partition coefficient (Wildman–Crippen LogP) is 3.71. The van der Waals surface area contributed by atoms with Gasteiger partial charge in [-0.25, -0.2) is 0 Å². The number of hydrogen-bond donors (Lipinski definition) is 0. The van der Waals surface area contributed by atoms with Crippen molar-refractivity contribution >= 4 is 0 Å². The van der Waals surface area contributed by atoms with E-state index < -0.39 is 0 Å². The number of nitrogens with zero attached hydrogens (tertiary/aromatic N) is 2. The molecule has 0 heterocycles. The Morgan fingerprint density at radius 2 is 0.977 bits per heavy atom. The zero-order valence-corrected chi connectivity index (χ0v) is 33.6. The van der Waals surface area contributed by atoms with E-state index in [1.165, 1.54) is 62.8 Å². The molecular weight excluding hydrogens is 676 g/mol. The van der Waals surface area contributed by atoms with E-state index in [2.05, 4.69) is 106 Å². The van der Waals surface area contributed by atoms with Gasteiger partial charge in [0.1, 0.15) is 37.8 Å². The molecule has 2 atom stereocenters. The minimum Gasteiger partial charge on any atom is -1.00 e. The van der Waals surface area contributed by atoms with E-state index in [1.54, 1.807) is 0 Å². The Morgan fingerprint density at radius 3 is 1.30 bits per heavy atom. The average molecular weight is 747 g/mol. The second-order valence-electron chi connectivity index (χ2n) is 13.5. The van der Waals surface area contributed by atoms with Gasteiger partial charge in [-0.05, 0) is 118 Å². The summed E-state index contributed by atoms with van der Waals surface area (Å²) in [4.78, 5) is 0. The quantitative estimate of drug-likeness (QED) is 0.119. The lowest BCUT2D eigenvalue weighted by Gasteiger charge is -2.37. The van der Waals surface area contributed by atoms with Crippen molar-refractivity contribution in [3.8, 4) is 11.5 Å². The number of allylic oxidation sites excluding steroid dienone is 4. The van der Waals surface area contributed by atoms with Crippen LogP contribution >= 0.6 is 0 Å². The number of quaternary nitrogens is 2. The third-order valence-corrected chi connectivity index (χ3v) is 9.77. The van der Waals surface area contributed by atoms with Crippen molar-refractivity contribution in [3.63, 3.8) is 0 Å². The van der Waals surface area contributed by atoms with Crippen LogP contribution in [0.1, 0.15) is 108 Å². The van der Waals surface area contributed by atoms with Crippen LogP contribution in [0.5, 0.6) is 11.5 Å². The molecule has 44 heavy (non-hydrogen) atoms. The fraction of sp³-hybridized carbons (Fsp3) is 0.737. The van der Waals surface area contributed by atoms with Gasteiger partial charge in [0.2, 0.25) is 0 Å². The van der Waals surface area contributed by atoms with Gasteiger partial charge in [-0.2, -0.15) is 0 Å². The van der Waals surface area contributed by atoms with Gasteiger partial charge in [0.05, 0.1) is 39.3 Å². The van der Waals surface area contributed by atoms with Crippen molar-refractivity contribution in [3.05, 3.63) is 47.6 Å². The Balaban J connectivity index is 0. The topological polar surface area (TPSA) is 18.5 Å². The van der Waals surface area contributed by atoms with E-state index in [9.17, 15) is 0 Å². The first kappa shape index (κ1) is 45.3. The van der Waals surface area contributed by atoms with E-state index in [0.29, 0.717) is 0 Å². The summed E-state index contributed by atoms with van der Waals surface area (Å²) in [5, 5.41) is 0. The highest BCUT2D eigenvalue weighted by Crippen LogP contribution is 2.22. The van der Waals surface area contributed by atoms with Crippen molar-refractivity contribution in [1.29, 1.82) is 0 Å². The number of ether oxygens (including phenoxy) is 2. The second kappa shape index (κ2) is 25.3. The standard InChI is InChI=1S/C38H70N2O2.2BrH/c1-11-39(12-2,26-24-35(9)20-15-18-33(5)6)28-30-41-37-22-17-23-38(32-37)42-31-29-40(13-3,14-4)27-25-36(10)21-16-19-34(7)8;;/h17-19,22-23,32,35-36H,11-16,20-21,24-31H2,1-10H3;2*1H/q+2;;/p-2. The molecular formula is C38H70Br2N2O2. The molecule has 0 aliphatic heterocycles. The molecule has 1 aromatic carbocycles. The highest BCUT2D eigenvalue weighted by molar-refractivity contribution is 5.32. The highest BCUT2D eigenvalue weighted by atomic mass is 79.9. The lowest BCUT2D eigenvalue weighted by molar-refractivity contribution is -0.925. The Bertz CT molecular complexity index is 833. The molecule has 1 rings (SSSR count). The predicted molar refractivity (Wildman–Crippen MR) is 184 cm³/mol. The van der Waals surface area contributed by atoms with Gasteiger partial charge in [0.15, 0.2) is 0 Å². The SMILES string of the molecule is CC[N+](CC)(CCOc1cccc(OCC[N+](CC)(CC)CCC(C)CCC=C(C)C)c1)CCC(C)CCC=C(C)C.[Br-].[Br-]. The fourth-order valence-electron chi connectivity index (χ4n) is 5.89. The van der Waals surface area contributed by atoms with Crippen LogP contribution in [0.3, 0.4) is 0 Å². The molecule has 258 valence electrons. The Kier molecular flexibility index (Phi) is 26.0. The van der Waals surface area contributed by atoms with Gasteiger partial charge >= 0.3 is 0 Å². The van der Waals surface area contributed by atoms with Crippen LogP contribution in [0, 0.1) is 11.8 Å². The number of halogens is 2. The summed E-state index contributed by atoms with van der Waals surface area (Å²) in [6.45, 7) is 33.7. The van der Waals surface area contributed by atoms with E-state index in [4.69, 9.17) is 9.47 Å². The zero-order chi connectivity index (χ0) is 31.4. The highest BCUT2D eigenvalue weighted by Gasteiger charge is 2.25. The van der Waals surface area contributed by atoms with Gasteiger partial charge in [0, 0.05) is 6.07 Å². The third-order valence-electron chi connectivity index (χ3n) is 9.77. The maximum atomic E-state index is 6.29. The van der Waals surface area contributed by atoms with Gasteiger partial charge in [0.25, 0.3) is 0 Å². The number of hydrogen-bond acceptors (Lipinski definition) is 2. The van der Waals surface area contributed by atoms with Crippen molar-refractivity contribution in [2.75, 3.05) is 65.6 Å². The minimum atomic E-state index is 0. The largest absolute Gasteiger partial charge is 1.00 e. The molecule has 2 unspecified atom stereocenters. The van der Waals surface area contributed by atoms with Crippen LogP contribution < -0.4 is 43.4 Å². The van der Waals surface area contributed by atoms with Crippen molar-refractivity contribution < 1.29 is 52.4 Å². The smallest absolute Gasteiger partial charge is 0.137 e. The first-order chi connectivity index (χ1) is 20.0. The Labute approximate surface area is 295 Å². The molecule has 0 bridgehead atoms. The second-order valence-corrected chi connectivity index (χ2v) is 13.5. The van der Waals surface area contributed by atoms with Crippen molar-refractivity contribution in [1.82, 2.24) is 0 Å². The summed E-state index contributed by atoms with van der Waals surface area (Å²) in [6.07, 6.45) is 12.3. The summed E-state index contributed by atoms with van der Waals surface area (Å²) in [5.74, 6) is 3.37. The summed E-state index contributed by atoms with van der Waals surface area (Å²) in [6, 6.07) is 8.28. The van der Waals surface area contributed by atoms with Gasteiger partial charge in [-0.15, -0.1) is 0 Å². The fourth-order valence-corrected chi connectivity index (χ4v) is 5.89. The maximum Gasteiger partial charge on any atom is 0.137 e. The summed E-state index contributed by atoms with van der Waals surface area (Å²) >= 11 is 0. The van der Waals surface area contributed by atoms with Gasteiger partial charge in [-0.1, -0.05) is 43.2 Å². The molecule has 6 heteroatoms.